The Morgan fingerprint density at radius 2 is 1.70 bits per heavy atom. The van der Waals surface area contributed by atoms with Gasteiger partial charge in [0.05, 0.1) is 25.2 Å². The molecule has 0 aliphatic carbocycles. The summed E-state index contributed by atoms with van der Waals surface area (Å²) in [5.74, 6) is -2.57. The maximum atomic E-state index is 14.2. The lowest BCUT2D eigenvalue weighted by Gasteiger charge is -2.38. The summed E-state index contributed by atoms with van der Waals surface area (Å²) in [6.45, 7) is 8.04. The molecule has 0 radical (unpaired) electrons. The highest BCUT2D eigenvalue weighted by Crippen LogP contribution is 2.34. The van der Waals surface area contributed by atoms with E-state index in [4.69, 9.17) is 4.74 Å². The Bertz CT molecular complexity index is 1490. The second-order valence-corrected chi connectivity index (χ2v) is 12.8. The van der Waals surface area contributed by atoms with Crippen molar-refractivity contribution in [3.63, 3.8) is 0 Å². The molecule has 3 aromatic carbocycles. The SMILES string of the molecule is CCCN(CCC)C(=O)c1cc(C)cc([C@H](O)C[C@@H](Cc2cc(F)cc(F)c2)[C@H](O)[C@@H]2CCCN(Cc3cccc(OC)c3)C2=O)c1. The van der Waals surface area contributed by atoms with Crippen LogP contribution in [0, 0.1) is 30.4 Å². The summed E-state index contributed by atoms with van der Waals surface area (Å²) in [5.41, 5.74) is 3.01. The van der Waals surface area contributed by atoms with E-state index in [1.165, 1.54) is 12.1 Å². The zero-order valence-electron chi connectivity index (χ0n) is 27.9. The average molecular weight is 651 g/mol. The van der Waals surface area contributed by atoms with Crippen LogP contribution in [0.4, 0.5) is 8.78 Å². The number of aliphatic hydroxyl groups is 2. The van der Waals surface area contributed by atoms with Crippen LogP contribution in [0.15, 0.2) is 60.7 Å². The first-order valence-electron chi connectivity index (χ1n) is 16.7. The van der Waals surface area contributed by atoms with Crippen molar-refractivity contribution in [1.29, 1.82) is 0 Å². The number of benzene rings is 3. The fourth-order valence-corrected chi connectivity index (χ4v) is 6.73. The molecule has 2 amide bonds. The molecule has 1 aliphatic rings. The smallest absolute Gasteiger partial charge is 0.253 e. The van der Waals surface area contributed by atoms with Crippen LogP contribution in [-0.4, -0.2) is 64.7 Å². The molecule has 4 atom stereocenters. The number of rotatable bonds is 15. The van der Waals surface area contributed by atoms with Crippen LogP contribution in [-0.2, 0) is 17.8 Å². The first kappa shape index (κ1) is 36.0. The van der Waals surface area contributed by atoms with Gasteiger partial charge in [0.1, 0.15) is 17.4 Å². The summed E-state index contributed by atoms with van der Waals surface area (Å²) in [7, 11) is 1.58. The van der Waals surface area contributed by atoms with Crippen molar-refractivity contribution in [3.05, 3.63) is 100 Å². The number of ether oxygens (including phenoxy) is 1. The molecule has 0 bridgehead atoms. The van der Waals surface area contributed by atoms with Gasteiger partial charge in [-0.1, -0.05) is 32.0 Å². The van der Waals surface area contributed by atoms with E-state index in [1.54, 1.807) is 30.2 Å². The topological polar surface area (TPSA) is 90.3 Å². The molecule has 7 nitrogen and oxygen atoms in total. The Morgan fingerprint density at radius 1 is 1.00 bits per heavy atom. The number of carbonyl (C=O) groups excluding carboxylic acids is 2. The molecule has 0 unspecified atom stereocenters. The molecule has 3 aromatic rings. The Kier molecular flexibility index (Phi) is 12.9. The van der Waals surface area contributed by atoms with Gasteiger partial charge in [0.2, 0.25) is 5.91 Å². The molecule has 1 fully saturated rings. The standard InChI is InChI=1S/C38H48F2N2O5/c1-5-12-41(13-6-2)37(45)30-16-25(3)15-28(21-30)35(43)22-29(17-27-18-31(39)23-32(40)19-27)36(44)34-11-8-14-42(38(34)46)24-26-9-7-10-33(20-26)47-4/h7,9-10,15-16,18-21,23,29,34-36,43-44H,5-6,8,11-14,17,22,24H2,1-4H3/t29-,34+,35-,36+/m1/s1. The highest BCUT2D eigenvalue weighted by molar-refractivity contribution is 5.94. The number of piperidine rings is 1. The van der Waals surface area contributed by atoms with Crippen molar-refractivity contribution in [2.45, 2.75) is 78.0 Å². The van der Waals surface area contributed by atoms with E-state index in [-0.39, 0.29) is 24.7 Å². The quantitative estimate of drug-likeness (QED) is 0.193. The minimum Gasteiger partial charge on any atom is -0.497 e. The third kappa shape index (κ3) is 9.61. The Labute approximate surface area is 277 Å². The van der Waals surface area contributed by atoms with Gasteiger partial charge in [0, 0.05) is 37.8 Å². The lowest BCUT2D eigenvalue weighted by atomic mass is 9.78. The van der Waals surface area contributed by atoms with Crippen LogP contribution < -0.4 is 4.74 Å². The molecule has 4 rings (SSSR count). The Morgan fingerprint density at radius 3 is 2.36 bits per heavy atom. The predicted molar refractivity (Wildman–Crippen MR) is 178 cm³/mol. The van der Waals surface area contributed by atoms with Crippen LogP contribution in [0.1, 0.15) is 84.7 Å². The van der Waals surface area contributed by atoms with Crippen molar-refractivity contribution in [3.8, 4) is 5.75 Å². The van der Waals surface area contributed by atoms with E-state index < -0.39 is 35.7 Å². The average Bonchev–Trinajstić information content (AvgIpc) is 3.04. The van der Waals surface area contributed by atoms with Gasteiger partial charge in [-0.3, -0.25) is 9.59 Å². The van der Waals surface area contributed by atoms with Crippen molar-refractivity contribution >= 4 is 11.8 Å². The molecule has 254 valence electrons. The van der Waals surface area contributed by atoms with Crippen molar-refractivity contribution < 1.29 is 33.3 Å². The van der Waals surface area contributed by atoms with Crippen molar-refractivity contribution in [2.24, 2.45) is 11.8 Å². The maximum Gasteiger partial charge on any atom is 0.253 e. The number of methoxy groups -OCH3 is 1. The molecule has 47 heavy (non-hydrogen) atoms. The fraction of sp³-hybridized carbons (Fsp3) is 0.474. The number of aliphatic hydroxyl groups excluding tert-OH is 2. The molecule has 9 heteroatoms. The normalized spacial score (nSPS) is 16.9. The first-order chi connectivity index (χ1) is 22.5. The van der Waals surface area contributed by atoms with Gasteiger partial charge in [0.25, 0.3) is 5.91 Å². The zero-order valence-corrected chi connectivity index (χ0v) is 27.9. The van der Waals surface area contributed by atoms with Gasteiger partial charge in [-0.2, -0.15) is 0 Å². The number of likely N-dealkylation sites (tertiary alicyclic amines) is 1. The summed E-state index contributed by atoms with van der Waals surface area (Å²) < 4.78 is 33.8. The van der Waals surface area contributed by atoms with Crippen molar-refractivity contribution in [2.75, 3.05) is 26.7 Å². The third-order valence-corrected chi connectivity index (χ3v) is 8.93. The van der Waals surface area contributed by atoms with Crippen LogP contribution in [0.2, 0.25) is 0 Å². The number of carbonyl (C=O) groups is 2. The number of hydrogen-bond donors (Lipinski definition) is 2. The zero-order chi connectivity index (χ0) is 34.1. The molecule has 2 N–H and O–H groups in total. The molecule has 0 saturated carbocycles. The first-order valence-corrected chi connectivity index (χ1v) is 16.7. The molecule has 0 spiro atoms. The molecule has 1 heterocycles. The number of aryl methyl sites for hydroxylation is 1. The van der Waals surface area contributed by atoms with E-state index in [2.05, 4.69) is 0 Å². The van der Waals surface area contributed by atoms with E-state index in [1.807, 2.05) is 49.9 Å². The summed E-state index contributed by atoms with van der Waals surface area (Å²) in [5, 5.41) is 23.4. The van der Waals surface area contributed by atoms with Gasteiger partial charge < -0.3 is 24.7 Å². The van der Waals surface area contributed by atoms with Crippen LogP contribution in [0.3, 0.4) is 0 Å². The number of amides is 2. The largest absolute Gasteiger partial charge is 0.497 e. The second kappa shape index (κ2) is 16.8. The van der Waals surface area contributed by atoms with E-state index in [9.17, 15) is 28.6 Å². The van der Waals surface area contributed by atoms with Crippen LogP contribution in [0.5, 0.6) is 5.75 Å². The molecular weight excluding hydrogens is 602 g/mol. The van der Waals surface area contributed by atoms with Crippen LogP contribution >= 0.6 is 0 Å². The number of halogens is 2. The van der Waals surface area contributed by atoms with Gasteiger partial charge in [-0.15, -0.1) is 0 Å². The van der Waals surface area contributed by atoms with E-state index in [0.29, 0.717) is 61.5 Å². The van der Waals surface area contributed by atoms with Crippen molar-refractivity contribution in [1.82, 2.24) is 9.80 Å². The van der Waals surface area contributed by atoms with Gasteiger partial charge >= 0.3 is 0 Å². The summed E-state index contributed by atoms with van der Waals surface area (Å²) in [4.78, 5) is 30.7. The highest BCUT2D eigenvalue weighted by atomic mass is 19.1. The lowest BCUT2D eigenvalue weighted by Crippen LogP contribution is -2.47. The minimum atomic E-state index is -1.19. The fourth-order valence-electron chi connectivity index (χ4n) is 6.73. The monoisotopic (exact) mass is 650 g/mol. The Hall–Kier alpha value is -3.82. The predicted octanol–water partition coefficient (Wildman–Crippen LogP) is 6.63. The van der Waals surface area contributed by atoms with E-state index in [0.717, 1.165) is 30.0 Å². The number of nitrogens with zero attached hydrogens (tertiary/aromatic N) is 2. The molecule has 1 saturated heterocycles. The molecular formula is C38H48F2N2O5. The minimum absolute atomic E-state index is 0.0175. The second-order valence-electron chi connectivity index (χ2n) is 12.8. The van der Waals surface area contributed by atoms with Gasteiger partial charge in [-0.25, -0.2) is 8.78 Å². The highest BCUT2D eigenvalue weighted by Gasteiger charge is 2.38. The number of hydrogen-bond acceptors (Lipinski definition) is 5. The van der Waals surface area contributed by atoms with Gasteiger partial charge in [-0.05, 0) is 110 Å². The van der Waals surface area contributed by atoms with Gasteiger partial charge in [0.15, 0.2) is 0 Å². The van der Waals surface area contributed by atoms with Crippen LogP contribution in [0.25, 0.3) is 0 Å². The lowest BCUT2D eigenvalue weighted by molar-refractivity contribution is -0.145. The maximum absolute atomic E-state index is 14.2. The summed E-state index contributed by atoms with van der Waals surface area (Å²) in [6.07, 6.45) is 0.551. The third-order valence-electron chi connectivity index (χ3n) is 8.93. The molecule has 1 aliphatic heterocycles. The molecule has 0 aromatic heterocycles. The Balaban J connectivity index is 1.60. The van der Waals surface area contributed by atoms with E-state index >= 15 is 0 Å². The summed E-state index contributed by atoms with van der Waals surface area (Å²) in [6, 6.07) is 16.0. The summed E-state index contributed by atoms with van der Waals surface area (Å²) >= 11 is 0.